The number of nitrogens with two attached hydrogens (primary N) is 1. The average molecular weight is 263 g/mol. The molecule has 0 bridgehead atoms. The summed E-state index contributed by atoms with van der Waals surface area (Å²) in [6, 6.07) is 8.55. The van der Waals surface area contributed by atoms with Crippen LogP contribution in [-0.2, 0) is 12.8 Å². The van der Waals surface area contributed by atoms with E-state index in [4.69, 9.17) is 10.8 Å². The minimum absolute atomic E-state index is 0.0551. The third-order valence-corrected chi connectivity index (χ3v) is 3.57. The van der Waals surface area contributed by atoms with E-state index in [9.17, 15) is 0 Å². The van der Waals surface area contributed by atoms with Crippen LogP contribution in [0, 0.1) is 0 Å². The summed E-state index contributed by atoms with van der Waals surface area (Å²) < 4.78 is 0. The summed E-state index contributed by atoms with van der Waals surface area (Å²) in [6.07, 6.45) is 10.0. The summed E-state index contributed by atoms with van der Waals surface area (Å²) in [4.78, 5) is 0. The molecule has 1 atom stereocenters. The molecule has 19 heavy (non-hydrogen) atoms. The largest absolute Gasteiger partial charge is 0.395 e. The third kappa shape index (κ3) is 7.34. The van der Waals surface area contributed by atoms with Gasteiger partial charge in [-0.05, 0) is 30.4 Å². The highest BCUT2D eigenvalue weighted by molar-refractivity contribution is 5.23. The van der Waals surface area contributed by atoms with Crippen molar-refractivity contribution in [3.05, 3.63) is 35.4 Å². The molecule has 108 valence electrons. The highest BCUT2D eigenvalue weighted by atomic mass is 16.3. The molecule has 0 amide bonds. The summed E-state index contributed by atoms with van der Waals surface area (Å²) in [5.41, 5.74) is 8.36. The van der Waals surface area contributed by atoms with Gasteiger partial charge < -0.3 is 10.8 Å². The SMILES string of the molecule is CCCCCCCCc1ccc(CC(N)CO)cc1. The molecule has 2 nitrogen and oxygen atoms in total. The molecule has 0 aliphatic carbocycles. The van der Waals surface area contributed by atoms with Crippen LogP contribution in [0.2, 0.25) is 0 Å². The van der Waals surface area contributed by atoms with Crippen LogP contribution < -0.4 is 5.73 Å². The topological polar surface area (TPSA) is 46.2 Å². The molecule has 3 N–H and O–H groups in total. The van der Waals surface area contributed by atoms with Crippen molar-refractivity contribution in [1.29, 1.82) is 0 Å². The van der Waals surface area contributed by atoms with Crippen molar-refractivity contribution in [2.24, 2.45) is 5.73 Å². The Hall–Kier alpha value is -0.860. The highest BCUT2D eigenvalue weighted by Crippen LogP contribution is 2.11. The fourth-order valence-corrected chi connectivity index (χ4v) is 2.32. The molecule has 1 rings (SSSR count). The zero-order valence-electron chi connectivity index (χ0n) is 12.3. The summed E-state index contributed by atoms with van der Waals surface area (Å²) in [7, 11) is 0. The van der Waals surface area contributed by atoms with Gasteiger partial charge in [-0.1, -0.05) is 63.3 Å². The van der Waals surface area contributed by atoms with Gasteiger partial charge in [-0.15, -0.1) is 0 Å². The maximum atomic E-state index is 8.93. The Morgan fingerprint density at radius 1 is 0.947 bits per heavy atom. The Balaban J connectivity index is 2.21. The second kappa shape index (κ2) is 9.99. The van der Waals surface area contributed by atoms with Gasteiger partial charge in [0.25, 0.3) is 0 Å². The van der Waals surface area contributed by atoms with E-state index >= 15 is 0 Å². The van der Waals surface area contributed by atoms with Gasteiger partial charge >= 0.3 is 0 Å². The van der Waals surface area contributed by atoms with E-state index < -0.39 is 0 Å². The monoisotopic (exact) mass is 263 g/mol. The first-order chi connectivity index (χ1) is 9.26. The van der Waals surface area contributed by atoms with Crippen LogP contribution >= 0.6 is 0 Å². The lowest BCUT2D eigenvalue weighted by molar-refractivity contribution is 0.265. The van der Waals surface area contributed by atoms with Crippen LogP contribution in [0.25, 0.3) is 0 Å². The highest BCUT2D eigenvalue weighted by Gasteiger charge is 2.02. The summed E-state index contributed by atoms with van der Waals surface area (Å²) in [5.74, 6) is 0. The molecule has 0 aliphatic heterocycles. The quantitative estimate of drug-likeness (QED) is 0.635. The number of hydrogen-bond donors (Lipinski definition) is 2. The first-order valence-electron chi connectivity index (χ1n) is 7.70. The van der Waals surface area contributed by atoms with Crippen LogP contribution in [0.15, 0.2) is 24.3 Å². The molecule has 0 spiro atoms. The fraction of sp³-hybridized carbons (Fsp3) is 0.647. The molecule has 0 saturated heterocycles. The summed E-state index contributed by atoms with van der Waals surface area (Å²) in [6.45, 7) is 2.31. The van der Waals surface area contributed by atoms with Crippen molar-refractivity contribution in [3.8, 4) is 0 Å². The Morgan fingerprint density at radius 3 is 2.16 bits per heavy atom. The lowest BCUT2D eigenvalue weighted by Gasteiger charge is -2.08. The molecule has 0 aromatic heterocycles. The number of aryl methyl sites for hydroxylation is 1. The maximum Gasteiger partial charge on any atom is 0.0585 e. The number of hydrogen-bond acceptors (Lipinski definition) is 2. The van der Waals surface area contributed by atoms with Crippen LogP contribution in [0.5, 0.6) is 0 Å². The Morgan fingerprint density at radius 2 is 1.53 bits per heavy atom. The molecule has 2 heteroatoms. The van der Waals surface area contributed by atoms with Gasteiger partial charge in [0.2, 0.25) is 0 Å². The van der Waals surface area contributed by atoms with E-state index in [2.05, 4.69) is 31.2 Å². The van der Waals surface area contributed by atoms with Crippen molar-refractivity contribution in [3.63, 3.8) is 0 Å². The second-order valence-corrected chi connectivity index (χ2v) is 5.48. The number of aliphatic hydroxyl groups is 1. The molecule has 0 aliphatic rings. The molecule has 0 fully saturated rings. The van der Waals surface area contributed by atoms with Crippen molar-refractivity contribution >= 4 is 0 Å². The van der Waals surface area contributed by atoms with Gasteiger partial charge in [0, 0.05) is 6.04 Å². The van der Waals surface area contributed by atoms with E-state index in [0.717, 1.165) is 6.42 Å². The molecule has 1 unspecified atom stereocenters. The van der Waals surface area contributed by atoms with Gasteiger partial charge in [-0.2, -0.15) is 0 Å². The van der Waals surface area contributed by atoms with E-state index in [1.54, 1.807) is 0 Å². The molecule has 0 heterocycles. The maximum absolute atomic E-state index is 8.93. The van der Waals surface area contributed by atoms with Crippen molar-refractivity contribution < 1.29 is 5.11 Å². The van der Waals surface area contributed by atoms with Gasteiger partial charge in [0.15, 0.2) is 0 Å². The zero-order chi connectivity index (χ0) is 13.9. The Kier molecular flexibility index (Phi) is 8.52. The normalized spacial score (nSPS) is 12.6. The van der Waals surface area contributed by atoms with Crippen LogP contribution in [0.3, 0.4) is 0 Å². The van der Waals surface area contributed by atoms with Gasteiger partial charge in [-0.3, -0.25) is 0 Å². The average Bonchev–Trinajstić information content (AvgIpc) is 2.44. The number of rotatable bonds is 10. The lowest BCUT2D eigenvalue weighted by Crippen LogP contribution is -2.26. The molecule has 0 saturated carbocycles. The zero-order valence-corrected chi connectivity index (χ0v) is 12.3. The van der Waals surface area contributed by atoms with Gasteiger partial charge in [-0.25, -0.2) is 0 Å². The molecule has 0 radical (unpaired) electrons. The van der Waals surface area contributed by atoms with Crippen LogP contribution in [0.1, 0.15) is 56.6 Å². The standard InChI is InChI=1S/C17H29NO/c1-2-3-4-5-6-7-8-15-9-11-16(12-10-15)13-17(18)14-19/h9-12,17,19H,2-8,13-14,18H2,1H3. The summed E-state index contributed by atoms with van der Waals surface area (Å²) in [5, 5.41) is 8.93. The number of benzene rings is 1. The smallest absolute Gasteiger partial charge is 0.0585 e. The first kappa shape index (κ1) is 16.2. The minimum Gasteiger partial charge on any atom is -0.395 e. The predicted molar refractivity (Wildman–Crippen MR) is 82.3 cm³/mol. The van der Waals surface area contributed by atoms with E-state index in [0.29, 0.717) is 0 Å². The fourth-order valence-electron chi connectivity index (χ4n) is 2.32. The van der Waals surface area contributed by atoms with Crippen molar-refractivity contribution in [2.45, 2.75) is 64.3 Å². The van der Waals surface area contributed by atoms with Gasteiger partial charge in [0.05, 0.1) is 6.61 Å². The van der Waals surface area contributed by atoms with E-state index in [1.807, 2.05) is 0 Å². The third-order valence-electron chi connectivity index (χ3n) is 3.57. The van der Waals surface area contributed by atoms with E-state index in [1.165, 1.54) is 56.1 Å². The first-order valence-corrected chi connectivity index (χ1v) is 7.70. The summed E-state index contributed by atoms with van der Waals surface area (Å²) >= 11 is 0. The molecular formula is C17H29NO. The second-order valence-electron chi connectivity index (χ2n) is 5.48. The molecule has 1 aromatic rings. The van der Waals surface area contributed by atoms with E-state index in [-0.39, 0.29) is 12.6 Å². The molecular weight excluding hydrogens is 234 g/mol. The van der Waals surface area contributed by atoms with Crippen LogP contribution in [0.4, 0.5) is 0 Å². The number of unbranched alkanes of at least 4 members (excludes halogenated alkanes) is 5. The lowest BCUT2D eigenvalue weighted by atomic mass is 10.0. The number of aliphatic hydroxyl groups excluding tert-OH is 1. The molecule has 1 aromatic carbocycles. The van der Waals surface area contributed by atoms with Crippen molar-refractivity contribution in [2.75, 3.05) is 6.61 Å². The Labute approximate surface area is 118 Å². The van der Waals surface area contributed by atoms with Crippen molar-refractivity contribution in [1.82, 2.24) is 0 Å². The Bertz CT molecular complexity index is 321. The van der Waals surface area contributed by atoms with Crippen LogP contribution in [-0.4, -0.2) is 17.8 Å². The minimum atomic E-state index is -0.135. The van der Waals surface area contributed by atoms with Gasteiger partial charge in [0.1, 0.15) is 0 Å². The predicted octanol–water partition coefficient (Wildman–Crippen LogP) is 3.45.